The van der Waals surface area contributed by atoms with E-state index in [9.17, 15) is 9.18 Å². The molecule has 0 atom stereocenters. The summed E-state index contributed by atoms with van der Waals surface area (Å²) in [5, 5.41) is 2.76. The second-order valence-corrected chi connectivity index (χ2v) is 5.12. The van der Waals surface area contributed by atoms with E-state index >= 15 is 0 Å². The summed E-state index contributed by atoms with van der Waals surface area (Å²) in [6.07, 6.45) is 2.07. The van der Waals surface area contributed by atoms with E-state index in [0.717, 1.165) is 31.5 Å². The van der Waals surface area contributed by atoms with Crippen LogP contribution in [0.2, 0.25) is 0 Å². The van der Waals surface area contributed by atoms with Gasteiger partial charge in [0.2, 0.25) is 0 Å². The van der Waals surface area contributed by atoms with Gasteiger partial charge in [0, 0.05) is 18.8 Å². The molecule has 0 radical (unpaired) electrons. The zero-order valence-corrected chi connectivity index (χ0v) is 10.9. The third-order valence-electron chi connectivity index (χ3n) is 3.36. The SMILES string of the molecule is Cc1cc(F)cc(NC(=O)N2CCC(C)CC2)c1. The molecule has 0 aliphatic carbocycles. The van der Waals surface area contributed by atoms with Crippen molar-refractivity contribution in [2.45, 2.75) is 26.7 Å². The van der Waals surface area contributed by atoms with E-state index in [-0.39, 0.29) is 11.8 Å². The van der Waals surface area contributed by atoms with Crippen molar-refractivity contribution in [2.24, 2.45) is 5.92 Å². The van der Waals surface area contributed by atoms with Crippen molar-refractivity contribution >= 4 is 11.7 Å². The summed E-state index contributed by atoms with van der Waals surface area (Å²) in [4.78, 5) is 13.8. The van der Waals surface area contributed by atoms with Crippen LogP contribution in [0, 0.1) is 18.7 Å². The Bertz CT molecular complexity index is 419. The Kier molecular flexibility index (Phi) is 3.84. The lowest BCUT2D eigenvalue weighted by Gasteiger charge is -2.30. The zero-order chi connectivity index (χ0) is 13.1. The van der Waals surface area contributed by atoms with Crippen molar-refractivity contribution in [1.82, 2.24) is 4.90 Å². The van der Waals surface area contributed by atoms with Gasteiger partial charge in [0.05, 0.1) is 0 Å². The second-order valence-electron chi connectivity index (χ2n) is 5.12. The zero-order valence-electron chi connectivity index (χ0n) is 10.9. The minimum atomic E-state index is -0.322. The standard InChI is InChI=1S/C14H19FN2O/c1-10-3-5-17(6-4-10)14(18)16-13-8-11(2)7-12(15)9-13/h7-10H,3-6H2,1-2H3,(H,16,18). The molecule has 2 amide bonds. The highest BCUT2D eigenvalue weighted by Gasteiger charge is 2.20. The summed E-state index contributed by atoms with van der Waals surface area (Å²) in [5.41, 5.74) is 1.33. The normalized spacial score (nSPS) is 16.7. The Labute approximate surface area is 107 Å². The monoisotopic (exact) mass is 250 g/mol. The Morgan fingerprint density at radius 3 is 2.61 bits per heavy atom. The molecule has 1 aliphatic heterocycles. The van der Waals surface area contributed by atoms with E-state index in [0.29, 0.717) is 11.6 Å². The van der Waals surface area contributed by atoms with Crippen molar-refractivity contribution in [3.05, 3.63) is 29.6 Å². The van der Waals surface area contributed by atoms with E-state index in [1.807, 2.05) is 0 Å². The number of nitrogens with zero attached hydrogens (tertiary/aromatic N) is 1. The number of piperidine rings is 1. The molecule has 98 valence electrons. The molecule has 1 aromatic carbocycles. The van der Waals surface area contributed by atoms with E-state index < -0.39 is 0 Å². The number of rotatable bonds is 1. The molecule has 0 bridgehead atoms. The van der Waals surface area contributed by atoms with Crippen molar-refractivity contribution in [3.8, 4) is 0 Å². The first-order chi connectivity index (χ1) is 8.54. The molecule has 1 aliphatic rings. The number of carbonyl (C=O) groups is 1. The van der Waals surface area contributed by atoms with Gasteiger partial charge >= 0.3 is 6.03 Å². The number of halogens is 1. The number of hydrogen-bond donors (Lipinski definition) is 1. The molecule has 2 rings (SSSR count). The third kappa shape index (κ3) is 3.22. The van der Waals surface area contributed by atoms with Gasteiger partial charge in [-0.3, -0.25) is 0 Å². The molecule has 1 aromatic rings. The Morgan fingerprint density at radius 2 is 2.00 bits per heavy atom. The van der Waals surface area contributed by atoms with Crippen LogP contribution in [0.1, 0.15) is 25.3 Å². The fourth-order valence-corrected chi connectivity index (χ4v) is 2.22. The van der Waals surface area contributed by atoms with Gasteiger partial charge < -0.3 is 10.2 Å². The molecule has 0 aromatic heterocycles. The molecule has 0 spiro atoms. The molecular formula is C14H19FN2O. The number of urea groups is 1. The maximum atomic E-state index is 13.2. The lowest BCUT2D eigenvalue weighted by Crippen LogP contribution is -2.40. The molecule has 0 unspecified atom stereocenters. The van der Waals surface area contributed by atoms with Crippen molar-refractivity contribution in [2.75, 3.05) is 18.4 Å². The fourth-order valence-electron chi connectivity index (χ4n) is 2.22. The third-order valence-corrected chi connectivity index (χ3v) is 3.36. The number of carbonyl (C=O) groups excluding carboxylic acids is 1. The number of nitrogens with one attached hydrogen (secondary N) is 1. The summed E-state index contributed by atoms with van der Waals surface area (Å²) < 4.78 is 13.2. The smallest absolute Gasteiger partial charge is 0.321 e. The van der Waals surface area contributed by atoms with Crippen molar-refractivity contribution in [3.63, 3.8) is 0 Å². The fraction of sp³-hybridized carbons (Fsp3) is 0.500. The van der Waals surface area contributed by atoms with Crippen molar-refractivity contribution in [1.29, 1.82) is 0 Å². The van der Waals surface area contributed by atoms with Crippen LogP contribution in [0.5, 0.6) is 0 Å². The molecular weight excluding hydrogens is 231 g/mol. The van der Waals surface area contributed by atoms with Crippen LogP contribution in [0.3, 0.4) is 0 Å². The lowest BCUT2D eigenvalue weighted by atomic mass is 10.00. The average molecular weight is 250 g/mol. The summed E-state index contributed by atoms with van der Waals surface area (Å²) in [6.45, 7) is 5.56. The van der Waals surface area contributed by atoms with Gasteiger partial charge in [-0.2, -0.15) is 0 Å². The van der Waals surface area contributed by atoms with Gasteiger partial charge in [0.1, 0.15) is 5.82 Å². The molecule has 1 fully saturated rings. The Balaban J connectivity index is 1.98. The van der Waals surface area contributed by atoms with E-state index in [4.69, 9.17) is 0 Å². The van der Waals surface area contributed by atoms with Crippen LogP contribution < -0.4 is 5.32 Å². The highest BCUT2D eigenvalue weighted by Crippen LogP contribution is 2.18. The highest BCUT2D eigenvalue weighted by atomic mass is 19.1. The topological polar surface area (TPSA) is 32.3 Å². The number of anilines is 1. The maximum Gasteiger partial charge on any atom is 0.321 e. The first kappa shape index (κ1) is 12.9. The molecule has 4 heteroatoms. The number of amides is 2. The first-order valence-corrected chi connectivity index (χ1v) is 6.38. The number of likely N-dealkylation sites (tertiary alicyclic amines) is 1. The Hall–Kier alpha value is -1.58. The van der Waals surface area contributed by atoms with Gasteiger partial charge in [0.25, 0.3) is 0 Å². The lowest BCUT2D eigenvalue weighted by molar-refractivity contribution is 0.186. The van der Waals surface area contributed by atoms with E-state index in [1.54, 1.807) is 17.9 Å². The quantitative estimate of drug-likeness (QED) is 0.814. The minimum absolute atomic E-state index is 0.132. The predicted molar refractivity (Wildman–Crippen MR) is 70.1 cm³/mol. The molecule has 0 saturated carbocycles. The first-order valence-electron chi connectivity index (χ1n) is 6.38. The number of benzene rings is 1. The maximum absolute atomic E-state index is 13.2. The number of aryl methyl sites for hydroxylation is 1. The summed E-state index contributed by atoms with van der Waals surface area (Å²) in [6, 6.07) is 4.43. The van der Waals surface area contributed by atoms with Crippen LogP contribution in [-0.4, -0.2) is 24.0 Å². The van der Waals surface area contributed by atoms with Crippen molar-refractivity contribution < 1.29 is 9.18 Å². The van der Waals surface area contributed by atoms with Crippen LogP contribution in [0.25, 0.3) is 0 Å². The molecule has 3 nitrogen and oxygen atoms in total. The van der Waals surface area contributed by atoms with E-state index in [1.165, 1.54) is 12.1 Å². The van der Waals surface area contributed by atoms with Crippen LogP contribution in [0.15, 0.2) is 18.2 Å². The second kappa shape index (κ2) is 5.38. The van der Waals surface area contributed by atoms with Gasteiger partial charge in [-0.1, -0.05) is 6.92 Å². The predicted octanol–water partition coefficient (Wildman–Crippen LogP) is 3.40. The van der Waals surface area contributed by atoms with Gasteiger partial charge in [-0.25, -0.2) is 9.18 Å². The van der Waals surface area contributed by atoms with E-state index in [2.05, 4.69) is 12.2 Å². The van der Waals surface area contributed by atoms with Gasteiger partial charge in [-0.05, 0) is 49.4 Å². The highest BCUT2D eigenvalue weighted by molar-refractivity contribution is 5.89. The van der Waals surface area contributed by atoms with Crippen LogP contribution in [0.4, 0.5) is 14.9 Å². The summed E-state index contributed by atoms with van der Waals surface area (Å²) in [5.74, 6) is 0.364. The summed E-state index contributed by atoms with van der Waals surface area (Å²) >= 11 is 0. The number of hydrogen-bond acceptors (Lipinski definition) is 1. The van der Waals surface area contributed by atoms with Gasteiger partial charge in [-0.15, -0.1) is 0 Å². The molecule has 1 heterocycles. The minimum Gasteiger partial charge on any atom is -0.325 e. The summed E-state index contributed by atoms with van der Waals surface area (Å²) in [7, 11) is 0. The Morgan fingerprint density at radius 1 is 1.33 bits per heavy atom. The molecule has 18 heavy (non-hydrogen) atoms. The average Bonchev–Trinajstić information content (AvgIpc) is 2.28. The van der Waals surface area contributed by atoms with Gasteiger partial charge in [0.15, 0.2) is 0 Å². The molecule has 1 N–H and O–H groups in total. The van der Waals surface area contributed by atoms with Crippen LogP contribution >= 0.6 is 0 Å². The van der Waals surface area contributed by atoms with Crippen LogP contribution in [-0.2, 0) is 0 Å². The molecule has 1 saturated heterocycles. The largest absolute Gasteiger partial charge is 0.325 e.